The molecule has 0 bridgehead atoms. The third kappa shape index (κ3) is 8.99. The van der Waals surface area contributed by atoms with Crippen molar-refractivity contribution < 1.29 is 23.8 Å². The van der Waals surface area contributed by atoms with Crippen LogP contribution in [0.5, 0.6) is 17.2 Å². The van der Waals surface area contributed by atoms with Crippen LogP contribution in [-0.2, 0) is 21.7 Å². The minimum absolute atomic E-state index is 0.136. The predicted octanol–water partition coefficient (Wildman–Crippen LogP) is 6.97. The number of rotatable bonds is 12. The fourth-order valence-corrected chi connectivity index (χ4v) is 4.55. The van der Waals surface area contributed by atoms with E-state index in [0.29, 0.717) is 52.0 Å². The van der Waals surface area contributed by atoms with Crippen LogP contribution in [0.1, 0.15) is 48.7 Å². The van der Waals surface area contributed by atoms with Crippen molar-refractivity contribution in [2.24, 2.45) is 0 Å². The van der Waals surface area contributed by atoms with Gasteiger partial charge in [-0.25, -0.2) is 0 Å². The minimum Gasteiger partial charge on any atom is -0.493 e. The number of allylic oxidation sites excluding steroid dienone is 4. The summed E-state index contributed by atoms with van der Waals surface area (Å²) in [5.41, 5.74) is 3.19. The Labute approximate surface area is 234 Å². The second-order valence-corrected chi connectivity index (χ2v) is 10.9. The summed E-state index contributed by atoms with van der Waals surface area (Å²) in [4.78, 5) is 25.0. The van der Waals surface area contributed by atoms with Gasteiger partial charge in [-0.05, 0) is 66.1 Å². The summed E-state index contributed by atoms with van der Waals surface area (Å²) in [6.45, 7) is 6.76. The third-order valence-electron chi connectivity index (χ3n) is 5.60. The molecule has 0 unspecified atom stereocenters. The maximum absolute atomic E-state index is 13.0. The summed E-state index contributed by atoms with van der Waals surface area (Å²) in [7, 11) is 1.57. The van der Waals surface area contributed by atoms with Gasteiger partial charge in [-0.1, -0.05) is 49.7 Å². The number of hydrogen-bond acceptors (Lipinski definition) is 6. The summed E-state index contributed by atoms with van der Waals surface area (Å²) in [6.07, 6.45) is 8.57. The molecule has 2 aromatic rings. The van der Waals surface area contributed by atoms with E-state index in [4.69, 9.17) is 25.8 Å². The molecule has 1 aliphatic rings. The fraction of sp³-hybridized carbons (Fsp3) is 0.333. The Morgan fingerprint density at radius 3 is 2.58 bits per heavy atom. The number of benzene rings is 2. The van der Waals surface area contributed by atoms with Crippen molar-refractivity contribution in [3.63, 3.8) is 0 Å². The molecule has 8 heteroatoms. The van der Waals surface area contributed by atoms with E-state index >= 15 is 0 Å². The highest BCUT2D eigenvalue weighted by atomic mass is 35.5. The molecule has 0 heterocycles. The van der Waals surface area contributed by atoms with Gasteiger partial charge in [0.05, 0.1) is 20.1 Å². The summed E-state index contributed by atoms with van der Waals surface area (Å²) >= 11 is 7.82. The number of carbonyl (C=O) groups is 2. The topological polar surface area (TPSA) is 73.9 Å². The first-order valence-electron chi connectivity index (χ1n) is 12.5. The fourth-order valence-electron chi connectivity index (χ4n) is 3.66. The van der Waals surface area contributed by atoms with Crippen LogP contribution in [0.2, 0.25) is 0 Å². The standard InChI is InChI=1S/C30H34ClNO5S/c1-5-36-29(33)16-22-10-13-27(35-4)28(15-22)37-26-14-11-23(17-24(26)19-38-20(2)3)30(34)32-18-21-7-6-8-25(31)12-9-21/h7-15,17,20H,5-6,16,18-19H2,1-4H3,(H,32,34). The molecule has 0 spiro atoms. The maximum atomic E-state index is 13.0. The molecule has 0 radical (unpaired) electrons. The maximum Gasteiger partial charge on any atom is 0.310 e. The summed E-state index contributed by atoms with van der Waals surface area (Å²) in [5, 5.41) is 4.08. The number of ether oxygens (including phenoxy) is 3. The molecule has 1 amide bonds. The molecule has 38 heavy (non-hydrogen) atoms. The van der Waals surface area contributed by atoms with Gasteiger partial charge < -0.3 is 19.5 Å². The quantitative estimate of drug-likeness (QED) is 0.285. The lowest BCUT2D eigenvalue weighted by Gasteiger charge is -2.16. The van der Waals surface area contributed by atoms with Crippen molar-refractivity contribution in [2.75, 3.05) is 20.3 Å². The number of carbonyl (C=O) groups excluding carboxylic acids is 2. The van der Waals surface area contributed by atoms with Crippen molar-refractivity contribution >= 4 is 35.2 Å². The van der Waals surface area contributed by atoms with Crippen LogP contribution in [0.3, 0.4) is 0 Å². The smallest absolute Gasteiger partial charge is 0.310 e. The molecule has 0 saturated carbocycles. The van der Waals surface area contributed by atoms with E-state index in [2.05, 4.69) is 19.2 Å². The van der Waals surface area contributed by atoms with Gasteiger partial charge in [0.2, 0.25) is 0 Å². The minimum atomic E-state index is -0.303. The van der Waals surface area contributed by atoms with E-state index in [1.165, 1.54) is 0 Å². The normalized spacial score (nSPS) is 12.9. The van der Waals surface area contributed by atoms with Crippen molar-refractivity contribution in [3.05, 3.63) is 88.0 Å². The molecule has 2 aromatic carbocycles. The van der Waals surface area contributed by atoms with Crippen LogP contribution < -0.4 is 14.8 Å². The van der Waals surface area contributed by atoms with E-state index in [0.717, 1.165) is 23.1 Å². The number of hydrogen-bond donors (Lipinski definition) is 1. The van der Waals surface area contributed by atoms with Gasteiger partial charge in [0.25, 0.3) is 5.91 Å². The molecule has 0 atom stereocenters. The monoisotopic (exact) mass is 555 g/mol. The molecular formula is C30H34ClNO5S. The van der Waals surface area contributed by atoms with Crippen LogP contribution in [0, 0.1) is 0 Å². The van der Waals surface area contributed by atoms with Crippen LogP contribution in [0.25, 0.3) is 0 Å². The SMILES string of the molecule is CCOC(=O)Cc1ccc(OC)c(Oc2ccc(C(=O)NCC3=CCC=C(Cl)C=C3)cc2CSC(C)C)c1. The van der Waals surface area contributed by atoms with Gasteiger partial charge in [0, 0.05) is 28.5 Å². The van der Waals surface area contributed by atoms with E-state index in [1.807, 2.05) is 36.4 Å². The van der Waals surface area contributed by atoms with Gasteiger partial charge in [-0.2, -0.15) is 11.8 Å². The molecule has 0 aromatic heterocycles. The lowest BCUT2D eigenvalue weighted by atomic mass is 10.1. The molecule has 0 saturated heterocycles. The van der Waals surface area contributed by atoms with Crippen LogP contribution in [0.4, 0.5) is 0 Å². The lowest BCUT2D eigenvalue weighted by molar-refractivity contribution is -0.142. The van der Waals surface area contributed by atoms with Crippen LogP contribution in [0.15, 0.2) is 71.3 Å². The first-order valence-corrected chi connectivity index (χ1v) is 14.0. The molecule has 0 aliphatic heterocycles. The lowest BCUT2D eigenvalue weighted by Crippen LogP contribution is -2.25. The van der Waals surface area contributed by atoms with Crippen molar-refractivity contribution in [1.29, 1.82) is 0 Å². The van der Waals surface area contributed by atoms with Gasteiger partial charge in [0.1, 0.15) is 5.75 Å². The highest BCUT2D eigenvalue weighted by Gasteiger charge is 2.16. The highest BCUT2D eigenvalue weighted by molar-refractivity contribution is 7.99. The zero-order chi connectivity index (χ0) is 27.5. The highest BCUT2D eigenvalue weighted by Crippen LogP contribution is 2.36. The van der Waals surface area contributed by atoms with Gasteiger partial charge in [-0.15, -0.1) is 0 Å². The Hall–Kier alpha value is -3.16. The van der Waals surface area contributed by atoms with Crippen molar-refractivity contribution in [3.8, 4) is 17.2 Å². The molecule has 202 valence electrons. The Bertz CT molecular complexity index is 1240. The second-order valence-electron chi connectivity index (χ2n) is 8.87. The zero-order valence-corrected chi connectivity index (χ0v) is 23.8. The average molecular weight is 556 g/mol. The Morgan fingerprint density at radius 2 is 1.84 bits per heavy atom. The van der Waals surface area contributed by atoms with Gasteiger partial charge >= 0.3 is 5.97 Å². The number of amides is 1. The predicted molar refractivity (Wildman–Crippen MR) is 154 cm³/mol. The number of methoxy groups -OCH3 is 1. The molecule has 0 fully saturated rings. The number of thioether (sulfide) groups is 1. The molecule has 6 nitrogen and oxygen atoms in total. The Morgan fingerprint density at radius 1 is 1.05 bits per heavy atom. The van der Waals surface area contributed by atoms with Gasteiger partial charge in [0.15, 0.2) is 11.5 Å². The average Bonchev–Trinajstić information content (AvgIpc) is 3.10. The summed E-state index contributed by atoms with van der Waals surface area (Å²) in [6, 6.07) is 10.8. The Balaban J connectivity index is 1.81. The van der Waals surface area contributed by atoms with E-state index in [9.17, 15) is 9.59 Å². The largest absolute Gasteiger partial charge is 0.493 e. The first kappa shape index (κ1) is 29.4. The third-order valence-corrected chi connectivity index (χ3v) is 7.02. The summed E-state index contributed by atoms with van der Waals surface area (Å²) < 4.78 is 16.9. The first-order chi connectivity index (χ1) is 18.3. The molecular weight excluding hydrogens is 522 g/mol. The molecule has 1 N–H and O–H groups in total. The van der Waals surface area contributed by atoms with Gasteiger partial charge in [-0.3, -0.25) is 9.59 Å². The number of esters is 1. The number of nitrogens with one attached hydrogen (secondary N) is 1. The Kier molecular flexibility index (Phi) is 11.4. The zero-order valence-electron chi connectivity index (χ0n) is 22.2. The van der Waals surface area contributed by atoms with Crippen LogP contribution >= 0.6 is 23.4 Å². The van der Waals surface area contributed by atoms with E-state index in [-0.39, 0.29) is 18.3 Å². The van der Waals surface area contributed by atoms with E-state index < -0.39 is 0 Å². The molecule has 3 rings (SSSR count). The summed E-state index contributed by atoms with van der Waals surface area (Å²) in [5.74, 6) is 1.84. The van der Waals surface area contributed by atoms with Crippen LogP contribution in [-0.4, -0.2) is 37.4 Å². The second kappa shape index (κ2) is 14.7. The number of halogens is 1. The van der Waals surface area contributed by atoms with E-state index in [1.54, 1.807) is 50.1 Å². The molecule has 1 aliphatic carbocycles. The van der Waals surface area contributed by atoms with Crippen molar-refractivity contribution in [1.82, 2.24) is 5.32 Å². The van der Waals surface area contributed by atoms with Crippen molar-refractivity contribution in [2.45, 2.75) is 44.6 Å².